The molecule has 0 aliphatic carbocycles. The van der Waals surface area contributed by atoms with E-state index in [4.69, 9.17) is 10.2 Å². The average Bonchev–Trinajstić information content (AvgIpc) is 2.50. The quantitative estimate of drug-likeness (QED) is 0.377. The van der Waals surface area contributed by atoms with Crippen LogP contribution in [0.4, 0.5) is 8.78 Å². The number of aromatic nitrogens is 4. The first-order valence-electron chi connectivity index (χ1n) is 6.43. The molecule has 2 aromatic rings. The number of rotatable bonds is 4. The van der Waals surface area contributed by atoms with E-state index in [9.17, 15) is 37.5 Å². The molecule has 27 heavy (non-hydrogen) atoms. The van der Waals surface area contributed by atoms with Gasteiger partial charge in [-0.1, -0.05) is 0 Å². The third-order valence-electron chi connectivity index (χ3n) is 2.55. The maximum atomic E-state index is 12.5. The number of carbonyl (C=O) groups is 2. The Hall–Kier alpha value is -3.32. The first-order chi connectivity index (χ1) is 12.0. The van der Waals surface area contributed by atoms with Gasteiger partial charge in [-0.3, -0.25) is 38.3 Å². The van der Waals surface area contributed by atoms with Crippen LogP contribution in [0.25, 0.3) is 0 Å². The van der Waals surface area contributed by atoms with Gasteiger partial charge in [-0.15, -0.1) is 0 Å². The molecule has 0 aliphatic rings. The summed E-state index contributed by atoms with van der Waals surface area (Å²) in [5.41, 5.74) is -4.22. The molecule has 0 saturated heterocycles. The minimum absolute atomic E-state index is 0. The predicted octanol–water partition coefficient (Wildman–Crippen LogP) is -2.48. The van der Waals surface area contributed by atoms with Crippen molar-refractivity contribution >= 4 is 11.9 Å². The van der Waals surface area contributed by atoms with Crippen LogP contribution >= 0.6 is 0 Å². The first-order valence-corrected chi connectivity index (χ1v) is 6.43. The van der Waals surface area contributed by atoms with E-state index in [1.807, 2.05) is 0 Å². The van der Waals surface area contributed by atoms with Crippen molar-refractivity contribution in [3.63, 3.8) is 0 Å². The molecule has 0 unspecified atom stereocenters. The predicted molar refractivity (Wildman–Crippen MR) is 77.8 cm³/mol. The summed E-state index contributed by atoms with van der Waals surface area (Å²) in [5, 5.41) is 16.6. The molecule has 0 amide bonds. The van der Waals surface area contributed by atoms with Crippen LogP contribution in [0.2, 0.25) is 0 Å². The van der Waals surface area contributed by atoms with E-state index in [0.717, 1.165) is 0 Å². The second-order valence-electron chi connectivity index (χ2n) is 4.52. The average molecular weight is 440 g/mol. The molecule has 15 heteroatoms. The molecule has 0 aromatic carbocycles. The Morgan fingerprint density at radius 1 is 0.815 bits per heavy atom. The number of nitrogens with zero attached hydrogens (tertiary/aromatic N) is 2. The fraction of sp³-hybridized carbons (Fsp3) is 0.167. The van der Waals surface area contributed by atoms with Crippen molar-refractivity contribution in [2.24, 2.45) is 0 Å². The van der Waals surface area contributed by atoms with Crippen LogP contribution in [0.5, 0.6) is 0 Å². The van der Waals surface area contributed by atoms with Crippen molar-refractivity contribution in [1.82, 2.24) is 19.1 Å². The number of aromatic amines is 2. The van der Waals surface area contributed by atoms with Crippen LogP contribution < -0.4 is 22.5 Å². The van der Waals surface area contributed by atoms with Crippen molar-refractivity contribution in [2.75, 3.05) is 0 Å². The Morgan fingerprint density at radius 3 is 1.37 bits per heavy atom. The molecule has 12 nitrogen and oxygen atoms in total. The standard InChI is InChI=1S/2C6H5FN2O4.Cu/c2*7-3-1-9(2-4(10)11)6(13)8-5(3)12;/h2*1H,2H2,(H,10,11)(H,8,12,13);. The number of halogens is 2. The van der Waals surface area contributed by atoms with Gasteiger partial charge in [0.05, 0.1) is 12.4 Å². The van der Waals surface area contributed by atoms with Crippen molar-refractivity contribution < 1.29 is 45.7 Å². The maximum absolute atomic E-state index is 12.5. The summed E-state index contributed by atoms with van der Waals surface area (Å²) in [6, 6.07) is 0. The molecule has 0 aliphatic heterocycles. The number of aliphatic carboxylic acids is 2. The first kappa shape index (κ1) is 23.7. The number of carboxylic acids is 2. The van der Waals surface area contributed by atoms with Gasteiger partial charge in [0.2, 0.25) is 11.6 Å². The van der Waals surface area contributed by atoms with Crippen molar-refractivity contribution in [3.05, 3.63) is 65.7 Å². The van der Waals surface area contributed by atoms with E-state index in [1.165, 1.54) is 0 Å². The molecule has 2 heterocycles. The second-order valence-corrected chi connectivity index (χ2v) is 4.52. The normalized spacial score (nSPS) is 9.56. The molecule has 0 saturated carbocycles. The molecule has 0 fully saturated rings. The van der Waals surface area contributed by atoms with Gasteiger partial charge in [-0.05, 0) is 0 Å². The van der Waals surface area contributed by atoms with Gasteiger partial charge in [-0.2, -0.15) is 8.78 Å². The number of carboxylic acid groups (broad SMARTS) is 2. The summed E-state index contributed by atoms with van der Waals surface area (Å²) < 4.78 is 26.1. The molecular formula is C12H10CuF2N4O8. The SMILES string of the molecule is O=C(O)Cn1cc(F)c(=O)[nH]c1=O.O=C(O)Cn1cc(F)c(=O)[nH]c1=O.[Cu]. The number of hydrogen-bond acceptors (Lipinski definition) is 6. The fourth-order valence-corrected chi connectivity index (χ4v) is 1.49. The third kappa shape index (κ3) is 7.21. The van der Waals surface area contributed by atoms with E-state index in [1.54, 1.807) is 9.97 Å². The summed E-state index contributed by atoms with van der Waals surface area (Å²) in [5.74, 6) is -4.98. The summed E-state index contributed by atoms with van der Waals surface area (Å²) in [6.07, 6.45) is 1.10. The number of nitrogens with one attached hydrogen (secondary N) is 2. The fourth-order valence-electron chi connectivity index (χ4n) is 1.49. The van der Waals surface area contributed by atoms with Crippen molar-refractivity contribution in [3.8, 4) is 0 Å². The van der Waals surface area contributed by atoms with E-state index < -0.39 is 59.2 Å². The van der Waals surface area contributed by atoms with Gasteiger partial charge in [0.1, 0.15) is 13.1 Å². The van der Waals surface area contributed by atoms with Gasteiger partial charge in [0, 0.05) is 17.1 Å². The Bertz CT molecular complexity index is 985. The maximum Gasteiger partial charge on any atom is 0.329 e. The number of H-pyrrole nitrogens is 2. The summed E-state index contributed by atoms with van der Waals surface area (Å²) >= 11 is 0. The van der Waals surface area contributed by atoms with Gasteiger partial charge in [-0.25, -0.2) is 9.59 Å². The van der Waals surface area contributed by atoms with Crippen LogP contribution in [-0.4, -0.2) is 41.3 Å². The molecule has 0 atom stereocenters. The largest absolute Gasteiger partial charge is 0.480 e. The van der Waals surface area contributed by atoms with Crippen LogP contribution in [0.3, 0.4) is 0 Å². The zero-order valence-corrected chi connectivity index (χ0v) is 13.8. The van der Waals surface area contributed by atoms with E-state index >= 15 is 0 Å². The van der Waals surface area contributed by atoms with Crippen molar-refractivity contribution in [1.29, 1.82) is 0 Å². The minimum Gasteiger partial charge on any atom is -0.480 e. The van der Waals surface area contributed by atoms with Gasteiger partial charge < -0.3 is 10.2 Å². The Labute approximate surface area is 156 Å². The van der Waals surface area contributed by atoms with Crippen LogP contribution in [0.15, 0.2) is 31.6 Å². The molecule has 1 radical (unpaired) electrons. The van der Waals surface area contributed by atoms with Gasteiger partial charge >= 0.3 is 23.3 Å². The molecular weight excluding hydrogens is 430 g/mol. The molecule has 2 rings (SSSR count). The third-order valence-corrected chi connectivity index (χ3v) is 2.55. The topological polar surface area (TPSA) is 184 Å². The summed E-state index contributed by atoms with van der Waals surface area (Å²) in [7, 11) is 0. The Balaban J connectivity index is 0.000000483. The smallest absolute Gasteiger partial charge is 0.329 e. The van der Waals surface area contributed by atoms with E-state index in [0.29, 0.717) is 21.5 Å². The minimum atomic E-state index is -1.30. The van der Waals surface area contributed by atoms with Crippen LogP contribution in [0.1, 0.15) is 0 Å². The van der Waals surface area contributed by atoms with Crippen LogP contribution in [-0.2, 0) is 39.7 Å². The summed E-state index contributed by atoms with van der Waals surface area (Å²) in [6.45, 7) is -1.38. The van der Waals surface area contributed by atoms with Gasteiger partial charge in [0.25, 0.3) is 11.1 Å². The zero-order chi connectivity index (χ0) is 20.0. The zero-order valence-electron chi connectivity index (χ0n) is 12.9. The monoisotopic (exact) mass is 439 g/mol. The second kappa shape index (κ2) is 9.98. The number of hydrogen-bond donors (Lipinski definition) is 4. The Morgan fingerprint density at radius 2 is 1.11 bits per heavy atom. The van der Waals surface area contributed by atoms with Crippen LogP contribution in [0, 0.1) is 11.6 Å². The molecule has 0 spiro atoms. The van der Waals surface area contributed by atoms with Crippen molar-refractivity contribution in [2.45, 2.75) is 13.1 Å². The molecule has 4 N–H and O–H groups in total. The summed E-state index contributed by atoms with van der Waals surface area (Å²) in [4.78, 5) is 66.1. The Kier molecular flexibility index (Phi) is 8.75. The molecule has 151 valence electrons. The molecule has 0 bridgehead atoms. The van der Waals surface area contributed by atoms with E-state index in [-0.39, 0.29) is 17.1 Å². The molecule has 2 aromatic heterocycles. The van der Waals surface area contributed by atoms with Gasteiger partial charge in [0.15, 0.2) is 0 Å². The van der Waals surface area contributed by atoms with E-state index in [2.05, 4.69) is 0 Å².